The standard InChI is InChI=1S/C19H16N2OS/c1-3-14-5-7-15(8-6-14)18-12-23-19(21-18)16(11-20)10-17-9-4-13(2)22-17/h4-10,12H,3H2,1-2H3/b16-10-. The molecule has 0 amide bonds. The molecule has 23 heavy (non-hydrogen) atoms. The zero-order chi connectivity index (χ0) is 16.2. The fourth-order valence-corrected chi connectivity index (χ4v) is 3.05. The van der Waals surface area contributed by atoms with Gasteiger partial charge in [0.1, 0.15) is 22.6 Å². The monoisotopic (exact) mass is 320 g/mol. The number of aryl methyl sites for hydroxylation is 2. The average Bonchev–Trinajstić information content (AvgIpc) is 3.22. The van der Waals surface area contributed by atoms with Crippen LogP contribution in [0.4, 0.5) is 0 Å². The van der Waals surface area contributed by atoms with Crippen molar-refractivity contribution < 1.29 is 4.42 Å². The largest absolute Gasteiger partial charge is 0.462 e. The molecule has 0 radical (unpaired) electrons. The fourth-order valence-electron chi connectivity index (χ4n) is 2.26. The molecule has 0 atom stereocenters. The van der Waals surface area contributed by atoms with E-state index in [9.17, 15) is 5.26 Å². The van der Waals surface area contributed by atoms with Gasteiger partial charge in [-0.3, -0.25) is 0 Å². The summed E-state index contributed by atoms with van der Waals surface area (Å²) in [6, 6.07) is 14.3. The van der Waals surface area contributed by atoms with E-state index in [1.165, 1.54) is 16.9 Å². The number of nitriles is 1. The number of allylic oxidation sites excluding steroid dienone is 1. The van der Waals surface area contributed by atoms with Gasteiger partial charge in [0.2, 0.25) is 0 Å². The first kappa shape index (κ1) is 15.3. The van der Waals surface area contributed by atoms with Crippen molar-refractivity contribution in [1.82, 2.24) is 4.98 Å². The molecule has 0 saturated heterocycles. The number of nitrogens with zero attached hydrogens (tertiary/aromatic N) is 2. The lowest BCUT2D eigenvalue weighted by atomic mass is 10.1. The van der Waals surface area contributed by atoms with Crippen LogP contribution in [0.1, 0.15) is 29.0 Å². The first-order chi connectivity index (χ1) is 11.2. The van der Waals surface area contributed by atoms with E-state index in [-0.39, 0.29) is 0 Å². The van der Waals surface area contributed by atoms with E-state index in [4.69, 9.17) is 4.42 Å². The Morgan fingerprint density at radius 1 is 1.26 bits per heavy atom. The molecular weight excluding hydrogens is 304 g/mol. The molecule has 4 heteroatoms. The lowest BCUT2D eigenvalue weighted by molar-refractivity contribution is 0.525. The molecule has 0 bridgehead atoms. The highest BCUT2D eigenvalue weighted by Crippen LogP contribution is 2.27. The Hall–Kier alpha value is -2.64. The molecule has 0 aliphatic heterocycles. The Balaban J connectivity index is 1.90. The third-order valence-corrected chi connectivity index (χ3v) is 4.44. The van der Waals surface area contributed by atoms with Gasteiger partial charge in [0, 0.05) is 17.0 Å². The van der Waals surface area contributed by atoms with Crippen LogP contribution in [0, 0.1) is 18.3 Å². The lowest BCUT2D eigenvalue weighted by Crippen LogP contribution is -1.84. The van der Waals surface area contributed by atoms with Gasteiger partial charge >= 0.3 is 0 Å². The Bertz CT molecular complexity index is 879. The molecule has 0 N–H and O–H groups in total. The number of thiazole rings is 1. The van der Waals surface area contributed by atoms with Gasteiger partial charge in [0.15, 0.2) is 0 Å². The second-order valence-corrected chi connectivity index (χ2v) is 6.06. The van der Waals surface area contributed by atoms with E-state index < -0.39 is 0 Å². The van der Waals surface area contributed by atoms with Crippen LogP contribution >= 0.6 is 11.3 Å². The van der Waals surface area contributed by atoms with Crippen LogP contribution in [0.25, 0.3) is 22.9 Å². The van der Waals surface area contributed by atoms with E-state index in [2.05, 4.69) is 42.2 Å². The smallest absolute Gasteiger partial charge is 0.134 e. The van der Waals surface area contributed by atoms with Crippen molar-refractivity contribution >= 4 is 23.0 Å². The van der Waals surface area contributed by atoms with Crippen LogP contribution in [0.5, 0.6) is 0 Å². The fraction of sp³-hybridized carbons (Fsp3) is 0.158. The molecule has 0 saturated carbocycles. The minimum absolute atomic E-state index is 0.515. The van der Waals surface area contributed by atoms with Gasteiger partial charge in [-0.2, -0.15) is 5.26 Å². The van der Waals surface area contributed by atoms with Crippen molar-refractivity contribution in [2.75, 3.05) is 0 Å². The number of hydrogen-bond donors (Lipinski definition) is 0. The van der Waals surface area contributed by atoms with Crippen molar-refractivity contribution in [2.45, 2.75) is 20.3 Å². The predicted octanol–water partition coefficient (Wildman–Crippen LogP) is 5.34. The number of aromatic nitrogens is 1. The van der Waals surface area contributed by atoms with E-state index >= 15 is 0 Å². The maximum absolute atomic E-state index is 9.40. The SMILES string of the molecule is CCc1ccc(-c2csc(/C(C#N)=C\c3ccc(C)o3)n2)cc1. The summed E-state index contributed by atoms with van der Waals surface area (Å²) in [4.78, 5) is 4.60. The molecule has 0 spiro atoms. The highest BCUT2D eigenvalue weighted by atomic mass is 32.1. The molecule has 1 aromatic carbocycles. The van der Waals surface area contributed by atoms with Crippen molar-refractivity contribution in [3.05, 3.63) is 63.9 Å². The van der Waals surface area contributed by atoms with Crippen LogP contribution in [0.2, 0.25) is 0 Å². The molecule has 3 aromatic rings. The van der Waals surface area contributed by atoms with Crippen LogP contribution in [0.3, 0.4) is 0 Å². The van der Waals surface area contributed by atoms with Crippen molar-refractivity contribution in [3.8, 4) is 17.3 Å². The van der Waals surface area contributed by atoms with Crippen molar-refractivity contribution in [2.24, 2.45) is 0 Å². The molecule has 0 fully saturated rings. The highest BCUT2D eigenvalue weighted by Gasteiger charge is 2.10. The molecule has 0 aliphatic carbocycles. The zero-order valence-electron chi connectivity index (χ0n) is 13.0. The van der Waals surface area contributed by atoms with Gasteiger partial charge in [-0.1, -0.05) is 31.2 Å². The van der Waals surface area contributed by atoms with Gasteiger partial charge in [-0.05, 0) is 31.0 Å². The van der Waals surface area contributed by atoms with Gasteiger partial charge in [-0.15, -0.1) is 11.3 Å². The predicted molar refractivity (Wildman–Crippen MR) is 93.9 cm³/mol. The summed E-state index contributed by atoms with van der Waals surface area (Å²) in [5.74, 6) is 1.49. The Kier molecular flexibility index (Phi) is 4.40. The molecule has 0 aliphatic rings. The van der Waals surface area contributed by atoms with E-state index in [1.54, 1.807) is 6.08 Å². The highest BCUT2D eigenvalue weighted by molar-refractivity contribution is 7.11. The molecule has 114 valence electrons. The van der Waals surface area contributed by atoms with Gasteiger partial charge in [0.05, 0.1) is 11.3 Å². The van der Waals surface area contributed by atoms with Crippen LogP contribution in [-0.4, -0.2) is 4.98 Å². The van der Waals surface area contributed by atoms with E-state index in [0.717, 1.165) is 23.4 Å². The third-order valence-electron chi connectivity index (χ3n) is 3.56. The topological polar surface area (TPSA) is 49.8 Å². The minimum atomic E-state index is 0.515. The summed E-state index contributed by atoms with van der Waals surface area (Å²) in [5, 5.41) is 12.1. The average molecular weight is 320 g/mol. The van der Waals surface area contributed by atoms with Crippen LogP contribution in [-0.2, 0) is 6.42 Å². The summed E-state index contributed by atoms with van der Waals surface area (Å²) in [6.45, 7) is 4.02. The van der Waals surface area contributed by atoms with Crippen LogP contribution in [0.15, 0.2) is 46.2 Å². The third kappa shape index (κ3) is 3.41. The number of furan rings is 1. The maximum atomic E-state index is 9.40. The molecule has 0 unspecified atom stereocenters. The molecule has 3 rings (SSSR count). The molecule has 2 aromatic heterocycles. The minimum Gasteiger partial charge on any atom is -0.462 e. The number of hydrogen-bond acceptors (Lipinski definition) is 4. The van der Waals surface area contributed by atoms with Crippen molar-refractivity contribution in [1.29, 1.82) is 5.26 Å². The summed E-state index contributed by atoms with van der Waals surface area (Å²) < 4.78 is 5.50. The summed E-state index contributed by atoms with van der Waals surface area (Å²) in [7, 11) is 0. The van der Waals surface area contributed by atoms with Gasteiger partial charge < -0.3 is 4.42 Å². The van der Waals surface area contributed by atoms with Gasteiger partial charge in [0.25, 0.3) is 0 Å². The Morgan fingerprint density at radius 2 is 2.04 bits per heavy atom. The quantitative estimate of drug-likeness (QED) is 0.610. The Morgan fingerprint density at radius 3 is 2.65 bits per heavy atom. The second-order valence-electron chi connectivity index (χ2n) is 5.21. The summed E-state index contributed by atoms with van der Waals surface area (Å²) in [6.07, 6.45) is 2.75. The van der Waals surface area contributed by atoms with Crippen LogP contribution < -0.4 is 0 Å². The lowest BCUT2D eigenvalue weighted by Gasteiger charge is -1.99. The first-order valence-corrected chi connectivity index (χ1v) is 8.31. The number of benzene rings is 1. The zero-order valence-corrected chi connectivity index (χ0v) is 13.9. The summed E-state index contributed by atoms with van der Waals surface area (Å²) in [5.41, 5.74) is 3.77. The molecule has 3 nitrogen and oxygen atoms in total. The normalized spacial score (nSPS) is 11.4. The first-order valence-electron chi connectivity index (χ1n) is 7.43. The van der Waals surface area contributed by atoms with E-state index in [0.29, 0.717) is 16.3 Å². The van der Waals surface area contributed by atoms with Gasteiger partial charge in [-0.25, -0.2) is 4.98 Å². The Labute approximate surface area is 139 Å². The summed E-state index contributed by atoms with van der Waals surface area (Å²) >= 11 is 1.47. The maximum Gasteiger partial charge on any atom is 0.134 e. The van der Waals surface area contributed by atoms with Crippen molar-refractivity contribution in [3.63, 3.8) is 0 Å². The molecular formula is C19H16N2OS. The number of rotatable bonds is 4. The van der Waals surface area contributed by atoms with E-state index in [1.807, 2.05) is 24.4 Å². The second kappa shape index (κ2) is 6.64. The molecule has 2 heterocycles.